The minimum atomic E-state index is 0.853. The Morgan fingerprint density at radius 2 is 1.30 bits per heavy atom. The van der Waals surface area contributed by atoms with Gasteiger partial charge in [0.1, 0.15) is 17.0 Å². The lowest BCUT2D eigenvalue weighted by Crippen LogP contribution is -1.94. The van der Waals surface area contributed by atoms with Crippen molar-refractivity contribution in [1.29, 1.82) is 0 Å². The van der Waals surface area contributed by atoms with Crippen LogP contribution in [0.15, 0.2) is 152 Å². The van der Waals surface area contributed by atoms with Gasteiger partial charge in [-0.1, -0.05) is 84.9 Å². The number of aromatic nitrogens is 5. The number of hydrogen-bond donors (Lipinski definition) is 0. The maximum atomic E-state index is 5.24. The normalized spacial score (nSPS) is 11.9. The van der Waals surface area contributed by atoms with Crippen LogP contribution < -0.4 is 0 Å². The lowest BCUT2D eigenvalue weighted by molar-refractivity contribution is 1.21. The zero-order valence-electron chi connectivity index (χ0n) is 24.7. The Kier molecular flexibility index (Phi) is 5.22. The van der Waals surface area contributed by atoms with Gasteiger partial charge in [-0.3, -0.25) is 13.8 Å². The van der Waals surface area contributed by atoms with E-state index in [-0.39, 0.29) is 0 Å². The van der Waals surface area contributed by atoms with Crippen LogP contribution in [0, 0.1) is 0 Å². The molecular weight excluding hydrogens is 562 g/mol. The smallest absolute Gasteiger partial charge is 0.145 e. The van der Waals surface area contributed by atoms with E-state index >= 15 is 0 Å². The van der Waals surface area contributed by atoms with Crippen molar-refractivity contribution in [2.45, 2.75) is 0 Å². The van der Waals surface area contributed by atoms with Gasteiger partial charge in [-0.05, 0) is 87.3 Å². The van der Waals surface area contributed by atoms with E-state index in [1.807, 2.05) is 30.5 Å². The molecule has 5 aromatic carbocycles. The minimum absolute atomic E-state index is 0.853. The Bertz CT molecular complexity index is 2810. The van der Waals surface area contributed by atoms with Crippen molar-refractivity contribution in [1.82, 2.24) is 23.8 Å². The molecule has 0 saturated carbocycles. The van der Waals surface area contributed by atoms with Gasteiger partial charge < -0.3 is 0 Å². The van der Waals surface area contributed by atoms with Crippen LogP contribution in [0.3, 0.4) is 0 Å². The highest BCUT2D eigenvalue weighted by molar-refractivity contribution is 6.08. The van der Waals surface area contributed by atoms with E-state index in [2.05, 4.69) is 130 Å². The first-order valence-electron chi connectivity index (χ1n) is 15.5. The largest absolute Gasteiger partial charge is 0.298 e. The van der Waals surface area contributed by atoms with Crippen LogP contribution in [-0.4, -0.2) is 23.8 Å². The molecule has 0 saturated heterocycles. The van der Waals surface area contributed by atoms with E-state index in [0.29, 0.717) is 0 Å². The van der Waals surface area contributed by atoms with Crippen molar-refractivity contribution in [3.63, 3.8) is 0 Å². The number of fused-ring (bicyclic) bond motifs is 9. The summed E-state index contributed by atoms with van der Waals surface area (Å²) in [7, 11) is 0. The number of nitrogens with zero attached hydrogens (tertiary/aromatic N) is 5. The molecule has 0 unspecified atom stereocenters. The van der Waals surface area contributed by atoms with Crippen molar-refractivity contribution in [3.8, 4) is 33.8 Å². The van der Waals surface area contributed by atoms with Crippen molar-refractivity contribution < 1.29 is 0 Å². The first kappa shape index (κ1) is 25.0. The quantitative estimate of drug-likeness (QED) is 0.207. The SMILES string of the molecule is c1ccc(-c2nc3c4ccccc4ccn3c2-c2ccc(-c3ccc4c(ccc5nc6ccccc6n54)c3)c3ccccc23)nc1. The Balaban J connectivity index is 1.22. The number of pyridine rings is 3. The maximum Gasteiger partial charge on any atom is 0.145 e. The van der Waals surface area contributed by atoms with Crippen molar-refractivity contribution in [2.75, 3.05) is 0 Å². The fraction of sp³-hybridized carbons (Fsp3) is 0. The summed E-state index contributed by atoms with van der Waals surface area (Å²) in [5.74, 6) is 0. The molecule has 5 heteroatoms. The Morgan fingerprint density at radius 1 is 0.522 bits per heavy atom. The number of rotatable bonds is 3. The van der Waals surface area contributed by atoms with Crippen LogP contribution in [0.5, 0.6) is 0 Å². The molecule has 5 heterocycles. The predicted octanol–water partition coefficient (Wildman–Crippen LogP) is 9.99. The molecule has 214 valence electrons. The Labute approximate surface area is 263 Å². The van der Waals surface area contributed by atoms with E-state index in [0.717, 1.165) is 61.3 Å². The monoisotopic (exact) mass is 587 g/mol. The van der Waals surface area contributed by atoms with Crippen LogP contribution in [0.4, 0.5) is 0 Å². The van der Waals surface area contributed by atoms with E-state index in [1.54, 1.807) is 0 Å². The highest BCUT2D eigenvalue weighted by Gasteiger charge is 2.21. The zero-order chi connectivity index (χ0) is 30.2. The van der Waals surface area contributed by atoms with Gasteiger partial charge in [0.15, 0.2) is 0 Å². The standard InChI is InChI=1S/C41H25N5/c1-2-10-30-26(9-1)22-24-45-40(39(44-41(30)45)35-14-7-8-23-42-35)33-19-18-29(31-11-3-4-12-32(31)33)27-16-20-36-28(25-27)17-21-38-43-34-13-5-6-15-37(34)46(36)38/h1-25H. The summed E-state index contributed by atoms with van der Waals surface area (Å²) >= 11 is 0. The molecule has 46 heavy (non-hydrogen) atoms. The first-order valence-corrected chi connectivity index (χ1v) is 15.5. The summed E-state index contributed by atoms with van der Waals surface area (Å²) in [4.78, 5) is 14.8. The van der Waals surface area contributed by atoms with Gasteiger partial charge >= 0.3 is 0 Å². The third-order valence-corrected chi connectivity index (χ3v) is 9.18. The molecule has 10 aromatic rings. The molecule has 0 aliphatic heterocycles. The molecule has 5 nitrogen and oxygen atoms in total. The average molecular weight is 588 g/mol. The summed E-state index contributed by atoms with van der Waals surface area (Å²) in [5, 5.41) is 5.81. The second-order valence-electron chi connectivity index (χ2n) is 11.7. The van der Waals surface area contributed by atoms with E-state index < -0.39 is 0 Å². The summed E-state index contributed by atoms with van der Waals surface area (Å²) in [5.41, 5.74) is 11.4. The van der Waals surface area contributed by atoms with Gasteiger partial charge in [-0.25, -0.2) is 9.97 Å². The van der Waals surface area contributed by atoms with Gasteiger partial charge in [0.05, 0.1) is 27.9 Å². The van der Waals surface area contributed by atoms with Gasteiger partial charge in [-0.2, -0.15) is 0 Å². The van der Waals surface area contributed by atoms with Crippen LogP contribution in [0.25, 0.3) is 88.5 Å². The molecule has 0 radical (unpaired) electrons. The van der Waals surface area contributed by atoms with Crippen LogP contribution >= 0.6 is 0 Å². The molecule has 10 rings (SSSR count). The summed E-state index contributed by atoms with van der Waals surface area (Å²) < 4.78 is 4.48. The Hall–Kier alpha value is -6.33. The van der Waals surface area contributed by atoms with Gasteiger partial charge in [0.2, 0.25) is 0 Å². The molecule has 5 aromatic heterocycles. The van der Waals surface area contributed by atoms with E-state index in [1.165, 1.54) is 27.3 Å². The molecule has 0 spiro atoms. The number of para-hydroxylation sites is 2. The van der Waals surface area contributed by atoms with E-state index in [9.17, 15) is 0 Å². The summed E-state index contributed by atoms with van der Waals surface area (Å²) in [6.07, 6.45) is 3.97. The second-order valence-corrected chi connectivity index (χ2v) is 11.7. The Morgan fingerprint density at radius 3 is 2.20 bits per heavy atom. The number of imidazole rings is 2. The lowest BCUT2D eigenvalue weighted by atomic mass is 9.92. The van der Waals surface area contributed by atoms with Crippen LogP contribution in [-0.2, 0) is 0 Å². The first-order chi connectivity index (χ1) is 22.8. The molecule has 0 N–H and O–H groups in total. The molecule has 0 fully saturated rings. The fourth-order valence-corrected chi connectivity index (χ4v) is 7.10. The zero-order valence-corrected chi connectivity index (χ0v) is 24.7. The summed E-state index contributed by atoms with van der Waals surface area (Å²) in [6, 6.07) is 49.2. The van der Waals surface area contributed by atoms with Crippen LogP contribution in [0.2, 0.25) is 0 Å². The lowest BCUT2D eigenvalue weighted by Gasteiger charge is -2.14. The van der Waals surface area contributed by atoms with Crippen molar-refractivity contribution >= 4 is 54.8 Å². The molecule has 0 aliphatic rings. The van der Waals surface area contributed by atoms with Crippen LogP contribution in [0.1, 0.15) is 0 Å². The molecular formula is C41H25N5. The highest BCUT2D eigenvalue weighted by Crippen LogP contribution is 2.41. The van der Waals surface area contributed by atoms with Gasteiger partial charge in [-0.15, -0.1) is 0 Å². The average Bonchev–Trinajstić information content (AvgIpc) is 3.71. The molecule has 0 bridgehead atoms. The number of hydrogen-bond acceptors (Lipinski definition) is 3. The number of benzene rings is 5. The molecule has 0 amide bonds. The maximum absolute atomic E-state index is 5.24. The fourth-order valence-electron chi connectivity index (χ4n) is 7.10. The highest BCUT2D eigenvalue weighted by atomic mass is 15.0. The topological polar surface area (TPSA) is 47.5 Å². The minimum Gasteiger partial charge on any atom is -0.298 e. The van der Waals surface area contributed by atoms with Gasteiger partial charge in [0.25, 0.3) is 0 Å². The molecule has 0 aliphatic carbocycles. The molecule has 0 atom stereocenters. The van der Waals surface area contributed by atoms with Crippen molar-refractivity contribution in [3.05, 3.63) is 152 Å². The van der Waals surface area contributed by atoms with Gasteiger partial charge in [0, 0.05) is 23.3 Å². The van der Waals surface area contributed by atoms with Crippen molar-refractivity contribution in [2.24, 2.45) is 0 Å². The third kappa shape index (κ3) is 3.60. The second kappa shape index (κ2) is 9.58. The predicted molar refractivity (Wildman–Crippen MR) is 188 cm³/mol. The van der Waals surface area contributed by atoms with E-state index in [4.69, 9.17) is 15.0 Å². The summed E-state index contributed by atoms with van der Waals surface area (Å²) in [6.45, 7) is 0. The third-order valence-electron chi connectivity index (χ3n) is 9.18.